The molecule has 0 radical (unpaired) electrons. The summed E-state index contributed by atoms with van der Waals surface area (Å²) in [5.41, 5.74) is 6.29. The quantitative estimate of drug-likeness (QED) is 0.784. The Kier molecular flexibility index (Phi) is 4.37. The van der Waals surface area contributed by atoms with E-state index in [4.69, 9.17) is 10.5 Å². The second-order valence-corrected chi connectivity index (χ2v) is 3.44. The largest absolute Gasteiger partial charge is 0.491 e. The number of hydrogen-bond donors (Lipinski definition) is 2. The van der Waals surface area contributed by atoms with Gasteiger partial charge in [-0.3, -0.25) is 0 Å². The molecular weight excluding hydrogens is 195 g/mol. The lowest BCUT2D eigenvalue weighted by Gasteiger charge is -2.10. The zero-order valence-corrected chi connectivity index (χ0v) is 9.09. The summed E-state index contributed by atoms with van der Waals surface area (Å²) in [5.74, 6) is -0.0737. The molecule has 3 N–H and O–H groups in total. The highest BCUT2D eigenvalue weighted by Gasteiger charge is 2.04. The molecule has 0 amide bonds. The van der Waals surface area contributed by atoms with E-state index in [0.29, 0.717) is 18.8 Å². The van der Waals surface area contributed by atoms with Crippen LogP contribution >= 0.6 is 0 Å². The molecular formula is C11H17FN2O. The van der Waals surface area contributed by atoms with E-state index in [1.807, 2.05) is 13.8 Å². The fourth-order valence-electron chi connectivity index (χ4n) is 1.16. The summed E-state index contributed by atoms with van der Waals surface area (Å²) in [7, 11) is 0. The van der Waals surface area contributed by atoms with Crippen molar-refractivity contribution in [3.63, 3.8) is 0 Å². The summed E-state index contributed by atoms with van der Waals surface area (Å²) >= 11 is 0. The lowest BCUT2D eigenvalue weighted by atomic mass is 10.2. The van der Waals surface area contributed by atoms with Crippen molar-refractivity contribution in [1.82, 2.24) is 0 Å². The summed E-state index contributed by atoms with van der Waals surface area (Å²) < 4.78 is 18.5. The third kappa shape index (κ3) is 3.75. The molecule has 1 unspecified atom stereocenters. The van der Waals surface area contributed by atoms with Gasteiger partial charge in [0.2, 0.25) is 0 Å². The molecule has 0 heterocycles. The molecule has 0 spiro atoms. The minimum Gasteiger partial charge on any atom is -0.491 e. The molecule has 0 saturated heterocycles. The van der Waals surface area contributed by atoms with E-state index in [1.54, 1.807) is 12.1 Å². The molecule has 0 fully saturated rings. The maximum Gasteiger partial charge on any atom is 0.167 e. The van der Waals surface area contributed by atoms with E-state index in [1.165, 1.54) is 6.07 Å². The van der Waals surface area contributed by atoms with E-state index in [9.17, 15) is 4.39 Å². The van der Waals surface area contributed by atoms with Gasteiger partial charge in [-0.25, -0.2) is 4.39 Å². The summed E-state index contributed by atoms with van der Waals surface area (Å²) in [4.78, 5) is 0. The predicted octanol–water partition coefficient (Wildman–Crippen LogP) is 1.98. The zero-order valence-electron chi connectivity index (χ0n) is 9.09. The first-order chi connectivity index (χ1) is 7.13. The smallest absolute Gasteiger partial charge is 0.167 e. The van der Waals surface area contributed by atoms with Gasteiger partial charge >= 0.3 is 0 Å². The van der Waals surface area contributed by atoms with Crippen LogP contribution in [0.5, 0.6) is 5.75 Å². The Balaban J connectivity index is 2.64. The van der Waals surface area contributed by atoms with Gasteiger partial charge in [-0.2, -0.15) is 0 Å². The molecule has 1 atom stereocenters. The SMILES string of the molecule is CCOc1ccc(NCC(C)N)cc1F. The third-order valence-electron chi connectivity index (χ3n) is 1.86. The third-order valence-corrected chi connectivity index (χ3v) is 1.86. The molecule has 0 aliphatic rings. The molecule has 84 valence electrons. The number of rotatable bonds is 5. The highest BCUT2D eigenvalue weighted by atomic mass is 19.1. The zero-order chi connectivity index (χ0) is 11.3. The van der Waals surface area contributed by atoms with Gasteiger partial charge in [0.25, 0.3) is 0 Å². The number of anilines is 1. The van der Waals surface area contributed by atoms with Crippen LogP contribution in [-0.2, 0) is 0 Å². The fraction of sp³-hybridized carbons (Fsp3) is 0.455. The first-order valence-electron chi connectivity index (χ1n) is 5.05. The summed E-state index contributed by atoms with van der Waals surface area (Å²) in [6.45, 7) is 4.79. The van der Waals surface area contributed by atoms with Crippen LogP contribution in [0.2, 0.25) is 0 Å². The Bertz CT molecular complexity index is 315. The van der Waals surface area contributed by atoms with Crippen LogP contribution in [0.1, 0.15) is 13.8 Å². The average Bonchev–Trinajstić information content (AvgIpc) is 2.19. The van der Waals surface area contributed by atoms with Gasteiger partial charge in [-0.05, 0) is 26.0 Å². The van der Waals surface area contributed by atoms with Gasteiger partial charge in [0.05, 0.1) is 6.61 Å². The predicted molar refractivity (Wildman–Crippen MR) is 59.7 cm³/mol. The Morgan fingerprint density at radius 2 is 2.27 bits per heavy atom. The van der Waals surface area contributed by atoms with Gasteiger partial charge < -0.3 is 15.8 Å². The number of ether oxygens (including phenoxy) is 1. The normalized spacial score (nSPS) is 12.3. The maximum absolute atomic E-state index is 13.4. The standard InChI is InChI=1S/C11H17FN2O/c1-3-15-11-5-4-9(6-10(11)12)14-7-8(2)13/h4-6,8,14H,3,7,13H2,1-2H3. The van der Waals surface area contributed by atoms with Crippen LogP contribution in [0.15, 0.2) is 18.2 Å². The number of nitrogens with two attached hydrogens (primary N) is 1. The monoisotopic (exact) mass is 212 g/mol. The highest BCUT2D eigenvalue weighted by molar-refractivity contribution is 5.47. The van der Waals surface area contributed by atoms with Crippen LogP contribution in [0.25, 0.3) is 0 Å². The van der Waals surface area contributed by atoms with Gasteiger partial charge in [0, 0.05) is 24.3 Å². The van der Waals surface area contributed by atoms with Crippen LogP contribution in [0.3, 0.4) is 0 Å². The molecule has 0 aliphatic heterocycles. The Morgan fingerprint density at radius 1 is 1.53 bits per heavy atom. The second kappa shape index (κ2) is 5.56. The summed E-state index contributed by atoms with van der Waals surface area (Å²) in [6.07, 6.45) is 0. The van der Waals surface area contributed by atoms with Gasteiger partial charge in [0.15, 0.2) is 11.6 Å². The van der Waals surface area contributed by atoms with Crippen LogP contribution < -0.4 is 15.8 Å². The fourth-order valence-corrected chi connectivity index (χ4v) is 1.16. The van der Waals surface area contributed by atoms with Crippen molar-refractivity contribution in [2.24, 2.45) is 5.73 Å². The number of hydrogen-bond acceptors (Lipinski definition) is 3. The molecule has 0 aliphatic carbocycles. The number of benzene rings is 1. The lowest BCUT2D eigenvalue weighted by Crippen LogP contribution is -2.25. The first kappa shape index (κ1) is 11.8. The number of halogens is 1. The molecule has 4 heteroatoms. The Morgan fingerprint density at radius 3 is 2.80 bits per heavy atom. The van der Waals surface area contributed by atoms with Crippen molar-refractivity contribution >= 4 is 5.69 Å². The minimum atomic E-state index is -0.355. The van der Waals surface area contributed by atoms with Crippen LogP contribution in [0.4, 0.5) is 10.1 Å². The maximum atomic E-state index is 13.4. The van der Waals surface area contributed by atoms with Crippen LogP contribution in [-0.4, -0.2) is 19.2 Å². The van der Waals surface area contributed by atoms with E-state index >= 15 is 0 Å². The molecule has 0 aromatic heterocycles. The van der Waals surface area contributed by atoms with Crippen molar-refractivity contribution in [2.75, 3.05) is 18.5 Å². The molecule has 1 aromatic carbocycles. The molecule has 1 rings (SSSR count). The van der Waals surface area contributed by atoms with Crippen molar-refractivity contribution in [1.29, 1.82) is 0 Å². The average molecular weight is 212 g/mol. The molecule has 15 heavy (non-hydrogen) atoms. The molecule has 1 aromatic rings. The second-order valence-electron chi connectivity index (χ2n) is 3.44. The lowest BCUT2D eigenvalue weighted by molar-refractivity contribution is 0.321. The van der Waals surface area contributed by atoms with Crippen molar-refractivity contribution < 1.29 is 9.13 Å². The topological polar surface area (TPSA) is 47.3 Å². The van der Waals surface area contributed by atoms with Gasteiger partial charge in [-0.1, -0.05) is 0 Å². The van der Waals surface area contributed by atoms with Crippen molar-refractivity contribution in [3.05, 3.63) is 24.0 Å². The highest BCUT2D eigenvalue weighted by Crippen LogP contribution is 2.20. The number of nitrogens with one attached hydrogen (secondary N) is 1. The van der Waals surface area contributed by atoms with E-state index < -0.39 is 0 Å². The first-order valence-corrected chi connectivity index (χ1v) is 5.05. The molecule has 0 bridgehead atoms. The minimum absolute atomic E-state index is 0.0413. The molecule has 0 saturated carbocycles. The van der Waals surface area contributed by atoms with Crippen molar-refractivity contribution in [3.8, 4) is 5.75 Å². The Labute approximate surface area is 89.4 Å². The van der Waals surface area contributed by atoms with Crippen LogP contribution in [0, 0.1) is 5.82 Å². The molecule has 3 nitrogen and oxygen atoms in total. The van der Waals surface area contributed by atoms with E-state index in [-0.39, 0.29) is 17.6 Å². The van der Waals surface area contributed by atoms with E-state index in [0.717, 1.165) is 0 Å². The van der Waals surface area contributed by atoms with Gasteiger partial charge in [-0.15, -0.1) is 0 Å². The van der Waals surface area contributed by atoms with Gasteiger partial charge in [0.1, 0.15) is 0 Å². The van der Waals surface area contributed by atoms with Crippen molar-refractivity contribution in [2.45, 2.75) is 19.9 Å². The Hall–Kier alpha value is -1.29. The summed E-state index contributed by atoms with van der Waals surface area (Å²) in [6, 6.07) is 4.84. The van der Waals surface area contributed by atoms with E-state index in [2.05, 4.69) is 5.32 Å². The summed E-state index contributed by atoms with van der Waals surface area (Å²) in [5, 5.41) is 3.03.